The highest BCUT2D eigenvalue weighted by molar-refractivity contribution is 7.16. The lowest BCUT2D eigenvalue weighted by Crippen LogP contribution is -2.37. The highest BCUT2D eigenvalue weighted by Gasteiger charge is 2.22. The molecule has 1 aliphatic heterocycles. The van der Waals surface area contributed by atoms with Crippen molar-refractivity contribution in [1.29, 1.82) is 0 Å². The van der Waals surface area contributed by atoms with Crippen LogP contribution in [0.3, 0.4) is 0 Å². The smallest absolute Gasteiger partial charge is 0.307 e. The molecule has 1 unspecified atom stereocenters. The summed E-state index contributed by atoms with van der Waals surface area (Å²) in [6.45, 7) is 1.47. The first kappa shape index (κ1) is 21.2. The van der Waals surface area contributed by atoms with Crippen LogP contribution in [0.2, 0.25) is 0 Å². The Morgan fingerprint density at radius 1 is 1.28 bits per heavy atom. The molecule has 0 saturated carbocycles. The van der Waals surface area contributed by atoms with Crippen molar-refractivity contribution >= 4 is 29.3 Å². The average Bonchev–Trinajstić information content (AvgIpc) is 3.41. The van der Waals surface area contributed by atoms with Gasteiger partial charge in [-0.25, -0.2) is 4.39 Å². The van der Waals surface area contributed by atoms with Crippen LogP contribution in [0.5, 0.6) is 0 Å². The zero-order valence-electron chi connectivity index (χ0n) is 16.3. The second-order valence-corrected chi connectivity index (χ2v) is 7.90. The Morgan fingerprint density at radius 2 is 2.07 bits per heavy atom. The normalized spacial score (nSPS) is 16.3. The van der Waals surface area contributed by atoms with E-state index in [9.17, 15) is 14.0 Å². The molecule has 1 saturated heterocycles. The fourth-order valence-electron chi connectivity index (χ4n) is 3.12. The van der Waals surface area contributed by atoms with Crippen LogP contribution in [0.25, 0.3) is 16.5 Å². The molecule has 2 heterocycles. The number of hydrogen-bond donors (Lipinski definition) is 0. The molecule has 2 aromatic rings. The van der Waals surface area contributed by atoms with Crippen LogP contribution in [0.4, 0.5) is 4.39 Å². The number of nitrogens with zero attached hydrogens (tertiary/aromatic N) is 1. The van der Waals surface area contributed by atoms with E-state index in [0.29, 0.717) is 19.7 Å². The van der Waals surface area contributed by atoms with Crippen molar-refractivity contribution in [2.45, 2.75) is 25.4 Å². The number of rotatable bonds is 8. The number of carbonyl (C=O) groups is 2. The largest absolute Gasteiger partial charge is 0.469 e. The molecular formula is C22H24FNO4S. The molecule has 0 N–H and O–H groups in total. The molecule has 29 heavy (non-hydrogen) atoms. The fourth-order valence-corrected chi connectivity index (χ4v) is 4.04. The molecule has 1 amide bonds. The second kappa shape index (κ2) is 10.3. The number of halogens is 1. The van der Waals surface area contributed by atoms with Crippen LogP contribution in [-0.4, -0.2) is 49.7 Å². The van der Waals surface area contributed by atoms with Gasteiger partial charge in [0.1, 0.15) is 5.82 Å². The first-order valence-corrected chi connectivity index (χ1v) is 10.4. The van der Waals surface area contributed by atoms with Gasteiger partial charge in [0.2, 0.25) is 5.91 Å². The third-order valence-corrected chi connectivity index (χ3v) is 5.82. The fraction of sp³-hybridized carbons (Fsp3) is 0.364. The Morgan fingerprint density at radius 3 is 2.76 bits per heavy atom. The van der Waals surface area contributed by atoms with Gasteiger partial charge in [-0.15, -0.1) is 11.3 Å². The van der Waals surface area contributed by atoms with Crippen molar-refractivity contribution in [2.24, 2.45) is 0 Å². The summed E-state index contributed by atoms with van der Waals surface area (Å²) in [5.41, 5.74) is 0.931. The highest BCUT2D eigenvalue weighted by atomic mass is 32.1. The first-order valence-electron chi connectivity index (χ1n) is 9.56. The minimum atomic E-state index is -0.346. The molecule has 7 heteroatoms. The molecule has 0 aliphatic carbocycles. The van der Waals surface area contributed by atoms with Crippen molar-refractivity contribution in [3.8, 4) is 10.4 Å². The molecule has 1 aromatic carbocycles. The molecule has 154 valence electrons. The van der Waals surface area contributed by atoms with Crippen molar-refractivity contribution < 1.29 is 23.5 Å². The van der Waals surface area contributed by atoms with E-state index < -0.39 is 0 Å². The lowest BCUT2D eigenvalue weighted by molar-refractivity contribution is -0.141. The van der Waals surface area contributed by atoms with Gasteiger partial charge in [-0.1, -0.05) is 12.1 Å². The third-order valence-electron chi connectivity index (χ3n) is 4.72. The molecular weight excluding hydrogens is 393 g/mol. The Hall–Kier alpha value is -2.51. The highest BCUT2D eigenvalue weighted by Crippen LogP contribution is 2.29. The zero-order chi connectivity index (χ0) is 20.6. The number of methoxy groups -OCH3 is 1. The van der Waals surface area contributed by atoms with E-state index in [1.54, 1.807) is 23.1 Å². The van der Waals surface area contributed by atoms with Crippen molar-refractivity contribution in [3.05, 3.63) is 53.2 Å². The van der Waals surface area contributed by atoms with Crippen molar-refractivity contribution in [3.63, 3.8) is 0 Å². The molecule has 1 aromatic heterocycles. The van der Waals surface area contributed by atoms with Crippen LogP contribution in [0, 0.1) is 5.82 Å². The minimum absolute atomic E-state index is 0.0109. The van der Waals surface area contributed by atoms with Gasteiger partial charge in [0.15, 0.2) is 0 Å². The topological polar surface area (TPSA) is 55.8 Å². The number of thiophene rings is 1. The van der Waals surface area contributed by atoms with Crippen LogP contribution in [0.1, 0.15) is 24.1 Å². The summed E-state index contributed by atoms with van der Waals surface area (Å²) in [5.74, 6) is -0.781. The van der Waals surface area contributed by atoms with E-state index in [0.717, 1.165) is 28.2 Å². The molecule has 1 atom stereocenters. The minimum Gasteiger partial charge on any atom is -0.469 e. The maximum Gasteiger partial charge on any atom is 0.307 e. The summed E-state index contributed by atoms with van der Waals surface area (Å²) in [6.07, 6.45) is 5.35. The van der Waals surface area contributed by atoms with E-state index in [-0.39, 0.29) is 30.2 Å². The second-order valence-electron chi connectivity index (χ2n) is 6.79. The van der Waals surface area contributed by atoms with Gasteiger partial charge < -0.3 is 14.4 Å². The number of carbonyl (C=O) groups excluding carboxylic acids is 2. The van der Waals surface area contributed by atoms with E-state index in [2.05, 4.69) is 4.74 Å². The average molecular weight is 418 g/mol. The van der Waals surface area contributed by atoms with E-state index in [1.807, 2.05) is 12.1 Å². The van der Waals surface area contributed by atoms with Crippen LogP contribution in [0.15, 0.2) is 42.5 Å². The van der Waals surface area contributed by atoms with Gasteiger partial charge in [-0.2, -0.15) is 0 Å². The van der Waals surface area contributed by atoms with Gasteiger partial charge in [-0.05, 0) is 48.7 Å². The number of amides is 1. The van der Waals surface area contributed by atoms with Gasteiger partial charge in [0, 0.05) is 35.5 Å². The Kier molecular flexibility index (Phi) is 7.55. The lowest BCUT2D eigenvalue weighted by atomic mass is 10.2. The molecule has 0 bridgehead atoms. The van der Waals surface area contributed by atoms with Crippen molar-refractivity contribution in [2.75, 3.05) is 26.8 Å². The maximum atomic E-state index is 13.1. The molecule has 1 aliphatic rings. The summed E-state index contributed by atoms with van der Waals surface area (Å²) in [6, 6.07) is 10.2. The maximum absolute atomic E-state index is 13.1. The van der Waals surface area contributed by atoms with Gasteiger partial charge in [-0.3, -0.25) is 9.59 Å². The van der Waals surface area contributed by atoms with E-state index in [1.165, 1.54) is 36.7 Å². The number of esters is 1. The van der Waals surface area contributed by atoms with E-state index in [4.69, 9.17) is 4.74 Å². The number of hydrogen-bond acceptors (Lipinski definition) is 5. The summed E-state index contributed by atoms with van der Waals surface area (Å²) in [4.78, 5) is 27.8. The third kappa shape index (κ3) is 6.24. The number of benzene rings is 1. The molecule has 0 spiro atoms. The summed E-state index contributed by atoms with van der Waals surface area (Å²) < 4.78 is 23.4. The van der Waals surface area contributed by atoms with Crippen LogP contribution in [-0.2, 0) is 19.1 Å². The Bertz CT molecular complexity index is 856. The summed E-state index contributed by atoms with van der Waals surface area (Å²) >= 11 is 1.52. The summed E-state index contributed by atoms with van der Waals surface area (Å²) in [7, 11) is 1.34. The SMILES string of the molecule is COC(=O)CCN(CC1CCCO1)C(=O)/C=C/c1ccc(-c2ccc(F)cc2)s1. The monoisotopic (exact) mass is 417 g/mol. The van der Waals surface area contributed by atoms with Crippen LogP contribution < -0.4 is 0 Å². The predicted molar refractivity (Wildman–Crippen MR) is 111 cm³/mol. The molecule has 3 rings (SSSR count). The van der Waals surface area contributed by atoms with Crippen molar-refractivity contribution in [1.82, 2.24) is 4.90 Å². The standard InChI is InChI=1S/C22H24FNO4S/c1-27-22(26)12-13-24(15-18-3-2-14-28-18)21(25)11-9-19-8-10-20(29-19)16-4-6-17(23)7-5-16/h4-11,18H,2-3,12-15H2,1H3/b11-9+. The van der Waals surface area contributed by atoms with Gasteiger partial charge >= 0.3 is 5.97 Å². The van der Waals surface area contributed by atoms with E-state index >= 15 is 0 Å². The quantitative estimate of drug-likeness (QED) is 0.479. The van der Waals surface area contributed by atoms with Gasteiger partial charge in [0.25, 0.3) is 0 Å². The Labute approximate surface area is 173 Å². The van der Waals surface area contributed by atoms with Crippen LogP contribution >= 0.6 is 11.3 Å². The molecule has 1 fully saturated rings. The molecule has 5 nitrogen and oxygen atoms in total. The Balaban J connectivity index is 1.64. The van der Waals surface area contributed by atoms with Gasteiger partial charge in [0.05, 0.1) is 19.6 Å². The predicted octanol–water partition coefficient (Wildman–Crippen LogP) is 4.14. The zero-order valence-corrected chi connectivity index (χ0v) is 17.1. The first-order chi connectivity index (χ1) is 14.0. The lowest BCUT2D eigenvalue weighted by Gasteiger charge is -2.23. The summed E-state index contributed by atoms with van der Waals surface area (Å²) in [5, 5.41) is 0. The molecule has 0 radical (unpaired) electrons. The number of ether oxygens (including phenoxy) is 2.